The third-order valence-electron chi connectivity index (χ3n) is 26.5. The molecule has 4 aliphatic rings. The van der Waals surface area contributed by atoms with Gasteiger partial charge < -0.3 is 98.0 Å². The predicted molar refractivity (Wildman–Crippen MR) is 560 cm³/mol. The van der Waals surface area contributed by atoms with Gasteiger partial charge in [0.25, 0.3) is 30.1 Å². The number of sulfonamides is 3. The van der Waals surface area contributed by atoms with E-state index >= 15 is 19.2 Å². The van der Waals surface area contributed by atoms with E-state index in [1.54, 1.807) is 132 Å². The number of hydrogen-bond acceptors (Lipinski definition) is 25. The van der Waals surface area contributed by atoms with Crippen LogP contribution in [-0.2, 0) is 107 Å². The van der Waals surface area contributed by atoms with Gasteiger partial charge >= 0.3 is 12.1 Å². The molecule has 0 radical (unpaired) electrons. The summed E-state index contributed by atoms with van der Waals surface area (Å²) in [4.78, 5) is 146. The Morgan fingerprint density at radius 1 is 0.408 bits per heavy atom. The highest BCUT2D eigenvalue weighted by molar-refractivity contribution is 7.90. The number of alkyl carbamates (subject to hydrolysis) is 1. The third-order valence-corrected chi connectivity index (χ3v) is 31.4. The molecule has 0 spiro atoms. The number of benzene rings is 5. The van der Waals surface area contributed by atoms with Crippen molar-refractivity contribution in [3.63, 3.8) is 0 Å². The lowest BCUT2D eigenvalue weighted by Crippen LogP contribution is -2.64. The molecule has 3 heterocycles. The Hall–Kier alpha value is -11.9. The van der Waals surface area contributed by atoms with E-state index in [2.05, 4.69) is 71.7 Å². The number of guanidine groups is 3. The molecule has 1 aliphatic carbocycles. The van der Waals surface area contributed by atoms with E-state index in [4.69, 9.17) is 50.4 Å². The van der Waals surface area contributed by atoms with Gasteiger partial charge in [-0.25, -0.2) is 44.2 Å². The molecule has 40 nitrogen and oxygen atoms in total. The van der Waals surface area contributed by atoms with Gasteiger partial charge in [-0.05, 0) is 360 Å². The van der Waals surface area contributed by atoms with Crippen LogP contribution in [0.4, 0.5) is 4.79 Å². The maximum atomic E-state index is 15.8. The van der Waals surface area contributed by atoms with Gasteiger partial charge in [-0.3, -0.25) is 53.3 Å². The number of nitrogens with one attached hydrogen (secondary N) is 11. The molecule has 0 fully saturated rings. The minimum absolute atomic E-state index is 0.0264. The maximum absolute atomic E-state index is 15.8. The Kier molecular flexibility index (Phi) is 38.5. The quantitative estimate of drug-likeness (QED) is 0.00984. The lowest BCUT2D eigenvalue weighted by atomic mass is 9.88. The third kappa shape index (κ3) is 31.1. The van der Waals surface area contributed by atoms with Gasteiger partial charge in [-0.15, -0.1) is 0 Å². The standard InChI is InChI=1S/C104H155N17O23S3/c1-54-57(4)85(60(7)67-43-46-102(23,24)142-82(54)67)145(132,133)119-95(105)108-49-33-40-75(89(125)111-52-78(122)123)113-90(126)76(41-34-50-109-96(106)120-146(134,135)86-58(5)55(2)83-68(61(86)8)44-47-103(25,26)143-83)114-91(127)77(42-35-51-110-97(107)121-147(136,137)87-59(6)56(3)84-69(62(87)9)45-48-104(27,28)144-84)115-93(129)79(64(11)139-99(14,15)16)117-94(130)80(65(12)140-100(17,18)19)116-88(124)63(10)112-92(128)81(66(13)141-101(20,21)22)118-98(131)138-53-74-72-38-31-29-36-70(72)71-37-30-32-39-73(71)74/h29-32,36-39,63-66,74-77,79-81H,33-35,40-53H2,1-28H3,(H,111,125)(H,112,128)(H,113,126)(H,114,127)(H,115,129)(H,116,124)(H,117,130)(H,118,131)(H,122,123)(H3,105,108,119)(H3,106,109,120)(H3,107,110,121)/t63-,64+,65+,66+,75-,76-,77-,79-,80-,81-/m0/s1. The number of aliphatic imine (C=N–C) groups is 3. The fourth-order valence-electron chi connectivity index (χ4n) is 19.0. The predicted octanol–water partition coefficient (Wildman–Crippen LogP) is 8.94. The molecule has 5 aromatic rings. The molecule has 9 rings (SSSR count). The Labute approximate surface area is 865 Å². The van der Waals surface area contributed by atoms with Crippen LogP contribution in [0.2, 0.25) is 0 Å². The highest BCUT2D eigenvalue weighted by atomic mass is 32.2. The average molecular weight is 2110 g/mol. The summed E-state index contributed by atoms with van der Waals surface area (Å²) in [5, 5.41) is 30.8. The number of carboxylic acid groups (broad SMARTS) is 1. The Morgan fingerprint density at radius 3 is 1.03 bits per heavy atom. The van der Waals surface area contributed by atoms with Crippen LogP contribution in [0.1, 0.15) is 273 Å². The molecule has 10 atom stereocenters. The van der Waals surface area contributed by atoms with Crippen molar-refractivity contribution in [3.8, 4) is 28.4 Å². The summed E-state index contributed by atoms with van der Waals surface area (Å²) in [6.45, 7) is 45.9. The number of carboxylic acids is 1. The Balaban J connectivity index is 1.04. The lowest BCUT2D eigenvalue weighted by molar-refractivity contribution is -0.145. The first kappa shape index (κ1) is 119. The average Bonchev–Trinajstić information content (AvgIpc) is 1.63. The monoisotopic (exact) mass is 2110 g/mol. The van der Waals surface area contributed by atoms with Gasteiger partial charge in [-0.2, -0.15) is 0 Å². The molecule has 0 saturated heterocycles. The van der Waals surface area contributed by atoms with E-state index < -0.39 is 215 Å². The zero-order valence-corrected chi connectivity index (χ0v) is 92.7. The number of carbonyl (C=O) groups excluding carboxylic acids is 8. The summed E-state index contributed by atoms with van der Waals surface area (Å²) in [6.07, 6.45) is -3.11. The number of aliphatic carboxylic acids is 1. The summed E-state index contributed by atoms with van der Waals surface area (Å²) < 4.78 is 138. The molecule has 5 aromatic carbocycles. The van der Waals surface area contributed by atoms with Crippen molar-refractivity contribution in [3.05, 3.63) is 126 Å². The van der Waals surface area contributed by atoms with Crippen LogP contribution in [-0.4, -0.2) is 229 Å². The van der Waals surface area contributed by atoms with Crippen molar-refractivity contribution in [1.29, 1.82) is 0 Å². The second-order valence-corrected chi connectivity index (χ2v) is 48.3. The smallest absolute Gasteiger partial charge is 0.407 e. The molecule has 8 amide bonds. The second kappa shape index (κ2) is 47.7. The summed E-state index contributed by atoms with van der Waals surface area (Å²) in [5.74, 6) is -9.09. The molecule has 147 heavy (non-hydrogen) atoms. The second-order valence-electron chi connectivity index (χ2n) is 43.4. The number of rotatable bonds is 42. The van der Waals surface area contributed by atoms with Crippen molar-refractivity contribution in [2.45, 2.75) is 386 Å². The normalized spacial score (nSPS) is 17.2. The van der Waals surface area contributed by atoms with Gasteiger partial charge in [0.1, 0.15) is 89.5 Å². The highest BCUT2D eigenvalue weighted by Gasteiger charge is 2.44. The van der Waals surface area contributed by atoms with E-state index in [0.29, 0.717) is 117 Å². The van der Waals surface area contributed by atoms with Crippen molar-refractivity contribution < 1.29 is 107 Å². The maximum Gasteiger partial charge on any atom is 0.407 e. The largest absolute Gasteiger partial charge is 0.487 e. The number of nitrogens with two attached hydrogens (primary N) is 3. The van der Waals surface area contributed by atoms with Crippen LogP contribution in [0.25, 0.3) is 11.1 Å². The minimum Gasteiger partial charge on any atom is -0.487 e. The van der Waals surface area contributed by atoms with Crippen LogP contribution < -0.4 is 88.1 Å². The highest BCUT2D eigenvalue weighted by Crippen LogP contribution is 2.48. The van der Waals surface area contributed by atoms with Crippen LogP contribution >= 0.6 is 0 Å². The molecule has 812 valence electrons. The van der Waals surface area contributed by atoms with Gasteiger partial charge in [0, 0.05) is 25.6 Å². The van der Waals surface area contributed by atoms with E-state index in [0.717, 1.165) is 27.8 Å². The van der Waals surface area contributed by atoms with Crippen molar-refractivity contribution in [2.24, 2.45) is 32.2 Å². The fourth-order valence-corrected chi connectivity index (χ4v) is 23.6. The van der Waals surface area contributed by atoms with Crippen molar-refractivity contribution in [2.75, 3.05) is 32.8 Å². The van der Waals surface area contributed by atoms with E-state index in [1.165, 1.54) is 20.8 Å². The first-order valence-electron chi connectivity index (χ1n) is 49.9. The van der Waals surface area contributed by atoms with Gasteiger partial charge in [0.15, 0.2) is 0 Å². The van der Waals surface area contributed by atoms with Crippen molar-refractivity contribution in [1.82, 2.24) is 56.7 Å². The van der Waals surface area contributed by atoms with E-state index in [1.807, 2.05) is 90.1 Å². The lowest BCUT2D eigenvalue weighted by Gasteiger charge is -2.35. The summed E-state index contributed by atoms with van der Waals surface area (Å²) in [6, 6.07) is 3.66. The first-order chi connectivity index (χ1) is 67.9. The van der Waals surface area contributed by atoms with Gasteiger partial charge in [0.05, 0.1) is 49.8 Å². The zero-order chi connectivity index (χ0) is 110. The van der Waals surface area contributed by atoms with Crippen LogP contribution in [0.15, 0.2) is 78.2 Å². The van der Waals surface area contributed by atoms with Gasteiger partial charge in [-0.1, -0.05) is 48.5 Å². The minimum atomic E-state index is -4.49. The molecular weight excluding hydrogens is 1950 g/mol. The number of amides is 8. The first-order valence-corrected chi connectivity index (χ1v) is 54.3. The van der Waals surface area contributed by atoms with Crippen LogP contribution in [0.3, 0.4) is 0 Å². The molecule has 18 N–H and O–H groups in total. The van der Waals surface area contributed by atoms with Crippen molar-refractivity contribution >= 4 is 101 Å². The summed E-state index contributed by atoms with van der Waals surface area (Å²) >= 11 is 0. The molecule has 0 aromatic heterocycles. The molecule has 3 aliphatic heterocycles. The number of hydrogen-bond donors (Lipinski definition) is 15. The molecule has 43 heteroatoms. The Morgan fingerprint density at radius 2 is 0.701 bits per heavy atom. The van der Waals surface area contributed by atoms with Gasteiger partial charge in [0.2, 0.25) is 59.2 Å². The molecule has 0 unspecified atom stereocenters. The summed E-state index contributed by atoms with van der Waals surface area (Å²) in [7, 11) is -13.4. The Bertz CT molecular complexity index is 6210. The van der Waals surface area contributed by atoms with Crippen LogP contribution in [0.5, 0.6) is 17.2 Å². The number of ether oxygens (including phenoxy) is 7. The number of fused-ring (bicyclic) bond motifs is 6. The van der Waals surface area contributed by atoms with E-state index in [-0.39, 0.29) is 72.5 Å². The van der Waals surface area contributed by atoms with E-state index in [9.17, 15) is 54.3 Å². The number of carbonyl (C=O) groups is 9. The summed E-state index contributed by atoms with van der Waals surface area (Å²) in [5.41, 5.74) is 25.0. The SMILES string of the molecule is Cc1c(C)c(S(=O)(=O)NC(N)=NCCC[C@H](NC(=O)[C@H](CCCN=C(N)NS(=O)(=O)c2c(C)c(C)c3c(c2C)CCC(C)(C)O3)NC(=O)[C@H](CCCN=C(N)NS(=O)(=O)c2c(C)c(C)c3c(c2C)CCC(C)(C)O3)NC(=O)[C@@H](NC(=O)[C@@H](NC(=O)[C@H](C)NC(=O)[C@@H](NC(=O)OCC2c3ccccc3-c3ccccc32)[C@@H](C)OC(C)(C)C)[C@@H](C)OC(C)(C)C)[C@@H](C)OC(C)(C)C)C(=O)NCC(=O)O)c(C)c2c1OC(C)(C)CC2. The fraction of sp³-hybridized carbons (Fsp3) is 0.596. The molecule has 0 bridgehead atoms. The number of nitrogens with zero attached hydrogens (tertiary/aromatic N) is 3. The van der Waals surface area contributed by atoms with Crippen LogP contribution in [0, 0.1) is 62.3 Å². The molecule has 0 saturated carbocycles. The zero-order valence-electron chi connectivity index (χ0n) is 90.2. The molecular formula is C104H155N17O23S3. The topological polar surface area (TPSA) is 588 Å².